The molecule has 0 saturated carbocycles. The third-order valence-electron chi connectivity index (χ3n) is 5.01. The SMILES string of the molecule is CC(C)CCC1CCCCCC2=C1C=CC2C(C)C. The summed E-state index contributed by atoms with van der Waals surface area (Å²) < 4.78 is 0. The molecule has 108 valence electrons. The molecule has 2 aliphatic carbocycles. The standard InChI is InChI=1S/C19H32/c1-14(2)10-11-16-8-6-5-7-9-19-17(15(3)4)12-13-18(16)19/h12-17H,5-11H2,1-4H3. The first-order chi connectivity index (χ1) is 9.09. The number of hydrogen-bond acceptors (Lipinski definition) is 0. The van der Waals surface area contributed by atoms with E-state index in [1.165, 1.54) is 44.9 Å². The van der Waals surface area contributed by atoms with Crippen molar-refractivity contribution in [1.82, 2.24) is 0 Å². The van der Waals surface area contributed by atoms with Crippen LogP contribution in [-0.4, -0.2) is 0 Å². The van der Waals surface area contributed by atoms with Crippen molar-refractivity contribution in [2.24, 2.45) is 23.7 Å². The fourth-order valence-electron chi connectivity index (χ4n) is 3.83. The van der Waals surface area contributed by atoms with Crippen molar-refractivity contribution in [2.45, 2.75) is 72.6 Å². The monoisotopic (exact) mass is 260 g/mol. The molecule has 0 aromatic heterocycles. The topological polar surface area (TPSA) is 0 Å². The Balaban J connectivity index is 2.16. The summed E-state index contributed by atoms with van der Waals surface area (Å²) >= 11 is 0. The second-order valence-corrected chi connectivity index (χ2v) is 7.38. The average Bonchev–Trinajstić information content (AvgIpc) is 2.71. The van der Waals surface area contributed by atoms with Gasteiger partial charge < -0.3 is 0 Å². The molecule has 0 amide bonds. The van der Waals surface area contributed by atoms with Crippen LogP contribution in [0.3, 0.4) is 0 Å². The Morgan fingerprint density at radius 3 is 2.58 bits per heavy atom. The summed E-state index contributed by atoms with van der Waals surface area (Å²) in [6, 6.07) is 0. The average molecular weight is 260 g/mol. The highest BCUT2D eigenvalue weighted by molar-refractivity contribution is 5.39. The van der Waals surface area contributed by atoms with Gasteiger partial charge in [-0.3, -0.25) is 0 Å². The van der Waals surface area contributed by atoms with Crippen LogP contribution in [0.1, 0.15) is 72.6 Å². The maximum absolute atomic E-state index is 2.50. The van der Waals surface area contributed by atoms with Crippen LogP contribution in [0, 0.1) is 23.7 Å². The van der Waals surface area contributed by atoms with Gasteiger partial charge in [0.05, 0.1) is 0 Å². The lowest BCUT2D eigenvalue weighted by atomic mass is 9.79. The van der Waals surface area contributed by atoms with Crippen LogP contribution in [0.25, 0.3) is 0 Å². The molecule has 0 aliphatic heterocycles. The molecule has 0 bridgehead atoms. The summed E-state index contributed by atoms with van der Waals surface area (Å²) in [6.07, 6.45) is 14.9. The van der Waals surface area contributed by atoms with Crippen molar-refractivity contribution in [3.8, 4) is 0 Å². The van der Waals surface area contributed by atoms with Gasteiger partial charge in [0.15, 0.2) is 0 Å². The van der Waals surface area contributed by atoms with E-state index in [1.807, 2.05) is 5.57 Å². The first-order valence-electron chi connectivity index (χ1n) is 8.50. The van der Waals surface area contributed by atoms with Crippen molar-refractivity contribution < 1.29 is 0 Å². The molecule has 2 aliphatic rings. The first-order valence-corrected chi connectivity index (χ1v) is 8.50. The van der Waals surface area contributed by atoms with Gasteiger partial charge in [0.1, 0.15) is 0 Å². The Kier molecular flexibility index (Phi) is 5.30. The summed E-state index contributed by atoms with van der Waals surface area (Å²) in [6.45, 7) is 9.49. The van der Waals surface area contributed by atoms with Crippen LogP contribution in [-0.2, 0) is 0 Å². The van der Waals surface area contributed by atoms with E-state index in [2.05, 4.69) is 39.8 Å². The Morgan fingerprint density at radius 2 is 1.89 bits per heavy atom. The molecule has 0 radical (unpaired) electrons. The summed E-state index contributed by atoms with van der Waals surface area (Å²) in [5.74, 6) is 3.22. The maximum Gasteiger partial charge on any atom is 0.000891 e. The van der Waals surface area contributed by atoms with Crippen LogP contribution in [0.2, 0.25) is 0 Å². The second-order valence-electron chi connectivity index (χ2n) is 7.38. The summed E-state index contributed by atoms with van der Waals surface area (Å²) in [7, 11) is 0. The highest BCUT2D eigenvalue weighted by Crippen LogP contribution is 2.42. The summed E-state index contributed by atoms with van der Waals surface area (Å²) in [5.41, 5.74) is 3.56. The van der Waals surface area contributed by atoms with Crippen molar-refractivity contribution in [1.29, 1.82) is 0 Å². The molecule has 0 fully saturated rings. The van der Waals surface area contributed by atoms with Crippen LogP contribution in [0.15, 0.2) is 23.3 Å². The molecule has 0 aromatic carbocycles. The van der Waals surface area contributed by atoms with Gasteiger partial charge in [-0.25, -0.2) is 0 Å². The lowest BCUT2D eigenvalue weighted by Gasteiger charge is -2.26. The molecule has 0 heteroatoms. The van der Waals surface area contributed by atoms with E-state index in [9.17, 15) is 0 Å². The fourth-order valence-corrected chi connectivity index (χ4v) is 3.83. The Bertz CT molecular complexity index is 343. The molecular weight excluding hydrogens is 228 g/mol. The van der Waals surface area contributed by atoms with Crippen molar-refractivity contribution >= 4 is 0 Å². The van der Waals surface area contributed by atoms with Gasteiger partial charge in [-0.2, -0.15) is 0 Å². The number of hydrogen-bond donors (Lipinski definition) is 0. The number of rotatable bonds is 4. The lowest BCUT2D eigenvalue weighted by Crippen LogP contribution is -2.13. The molecule has 2 rings (SSSR count). The number of allylic oxidation sites excluding steroid dienone is 4. The van der Waals surface area contributed by atoms with E-state index in [4.69, 9.17) is 0 Å². The largest absolute Gasteiger partial charge is 0.0768 e. The van der Waals surface area contributed by atoms with Crippen molar-refractivity contribution in [3.05, 3.63) is 23.3 Å². The zero-order valence-corrected chi connectivity index (χ0v) is 13.4. The third kappa shape index (κ3) is 3.74. The van der Waals surface area contributed by atoms with Gasteiger partial charge in [0, 0.05) is 5.92 Å². The minimum absolute atomic E-state index is 0.745. The van der Waals surface area contributed by atoms with Gasteiger partial charge in [0.2, 0.25) is 0 Å². The first kappa shape index (κ1) is 14.9. The zero-order valence-electron chi connectivity index (χ0n) is 13.4. The molecule has 0 nitrogen and oxygen atoms in total. The van der Waals surface area contributed by atoms with Crippen molar-refractivity contribution in [3.63, 3.8) is 0 Å². The Morgan fingerprint density at radius 1 is 1.11 bits per heavy atom. The molecule has 0 aromatic rings. The fraction of sp³-hybridized carbons (Fsp3) is 0.789. The Hall–Kier alpha value is -0.520. The Labute approximate surface area is 120 Å². The quantitative estimate of drug-likeness (QED) is 0.569. The molecule has 0 saturated heterocycles. The smallest absolute Gasteiger partial charge is 0.000891 e. The van der Waals surface area contributed by atoms with Crippen LogP contribution < -0.4 is 0 Å². The maximum atomic E-state index is 2.50. The van der Waals surface area contributed by atoms with Crippen LogP contribution in [0.4, 0.5) is 0 Å². The predicted octanol–water partition coefficient (Wildman–Crippen LogP) is 6.14. The summed E-state index contributed by atoms with van der Waals surface area (Å²) in [4.78, 5) is 0. The van der Waals surface area contributed by atoms with Gasteiger partial charge in [0.25, 0.3) is 0 Å². The van der Waals surface area contributed by atoms with E-state index in [1.54, 1.807) is 5.57 Å². The normalized spacial score (nSPS) is 27.9. The highest BCUT2D eigenvalue weighted by atomic mass is 14.3. The third-order valence-corrected chi connectivity index (χ3v) is 5.01. The van der Waals surface area contributed by atoms with Gasteiger partial charge >= 0.3 is 0 Å². The highest BCUT2D eigenvalue weighted by Gasteiger charge is 2.28. The minimum Gasteiger partial charge on any atom is -0.0768 e. The van der Waals surface area contributed by atoms with E-state index in [-0.39, 0.29) is 0 Å². The molecule has 2 unspecified atom stereocenters. The zero-order chi connectivity index (χ0) is 13.8. The summed E-state index contributed by atoms with van der Waals surface area (Å²) in [5, 5.41) is 0. The molecule has 0 heterocycles. The van der Waals surface area contributed by atoms with E-state index >= 15 is 0 Å². The van der Waals surface area contributed by atoms with Crippen LogP contribution >= 0.6 is 0 Å². The predicted molar refractivity (Wildman–Crippen MR) is 85.1 cm³/mol. The van der Waals surface area contributed by atoms with E-state index in [0.717, 1.165) is 23.7 Å². The second kappa shape index (κ2) is 6.77. The van der Waals surface area contributed by atoms with E-state index in [0.29, 0.717) is 0 Å². The van der Waals surface area contributed by atoms with Gasteiger partial charge in [-0.15, -0.1) is 0 Å². The van der Waals surface area contributed by atoms with E-state index < -0.39 is 0 Å². The lowest BCUT2D eigenvalue weighted by molar-refractivity contribution is 0.413. The molecule has 0 N–H and O–H groups in total. The van der Waals surface area contributed by atoms with Gasteiger partial charge in [-0.05, 0) is 49.0 Å². The van der Waals surface area contributed by atoms with Crippen molar-refractivity contribution in [2.75, 3.05) is 0 Å². The molecule has 2 atom stereocenters. The van der Waals surface area contributed by atoms with Gasteiger partial charge in [-0.1, -0.05) is 64.7 Å². The van der Waals surface area contributed by atoms with Crippen LogP contribution in [0.5, 0.6) is 0 Å². The molecule has 0 spiro atoms. The molecule has 19 heavy (non-hydrogen) atoms. The minimum atomic E-state index is 0.745. The molecular formula is C19H32.